The molecular weight excluding hydrogens is 154 g/mol. The minimum Gasteiger partial charge on any atom is -0.327 e. The predicted molar refractivity (Wildman–Crippen MR) is 39.3 cm³/mol. The fourth-order valence-corrected chi connectivity index (χ4v) is 0.672. The van der Waals surface area contributed by atoms with Crippen LogP contribution in [-0.2, 0) is 10.2 Å². The minimum absolute atomic E-state index is 0.191. The van der Waals surface area contributed by atoms with E-state index in [9.17, 15) is 8.42 Å². The Morgan fingerprint density at radius 1 is 1.40 bits per heavy atom. The van der Waals surface area contributed by atoms with Crippen molar-refractivity contribution in [2.24, 2.45) is 10.9 Å². The van der Waals surface area contributed by atoms with Crippen molar-refractivity contribution in [3.63, 3.8) is 0 Å². The molecule has 10 heavy (non-hydrogen) atoms. The highest BCUT2D eigenvalue weighted by molar-refractivity contribution is 7.87. The van der Waals surface area contributed by atoms with E-state index in [4.69, 9.17) is 5.73 Å². The van der Waals surface area contributed by atoms with E-state index < -0.39 is 10.2 Å². The zero-order chi connectivity index (χ0) is 8.04. The monoisotopic (exact) mass is 165 g/mol. The van der Waals surface area contributed by atoms with E-state index in [-0.39, 0.29) is 6.54 Å². The number of hydrogen-bond donors (Lipinski definition) is 3. The van der Waals surface area contributed by atoms with Gasteiger partial charge in [0.2, 0.25) is 0 Å². The SMILES string of the molecule is NC/C=C/CNS(N)(=O)=O. The molecule has 0 fully saturated rings. The lowest BCUT2D eigenvalue weighted by Gasteiger charge is -1.94. The highest BCUT2D eigenvalue weighted by Gasteiger charge is 1.94. The Morgan fingerprint density at radius 2 is 2.00 bits per heavy atom. The molecule has 0 amide bonds. The van der Waals surface area contributed by atoms with Crippen LogP contribution in [0.15, 0.2) is 12.2 Å². The second-order valence-corrected chi connectivity index (χ2v) is 2.98. The molecule has 5 nitrogen and oxygen atoms in total. The van der Waals surface area contributed by atoms with E-state index >= 15 is 0 Å². The number of nitrogens with two attached hydrogens (primary N) is 2. The van der Waals surface area contributed by atoms with Gasteiger partial charge in [0.05, 0.1) is 0 Å². The zero-order valence-corrected chi connectivity index (χ0v) is 6.26. The van der Waals surface area contributed by atoms with Crippen molar-refractivity contribution in [3.8, 4) is 0 Å². The first kappa shape index (κ1) is 9.57. The van der Waals surface area contributed by atoms with Gasteiger partial charge in [-0.1, -0.05) is 12.2 Å². The van der Waals surface area contributed by atoms with Crippen LogP contribution in [0.25, 0.3) is 0 Å². The minimum atomic E-state index is -3.55. The van der Waals surface area contributed by atoms with Gasteiger partial charge in [0.15, 0.2) is 0 Å². The number of nitrogens with one attached hydrogen (secondary N) is 1. The standard InChI is InChI=1S/C4H11N3O2S/c5-3-1-2-4-7-10(6,8)9/h1-2,7H,3-5H2,(H2,6,8,9)/b2-1+. The maximum Gasteiger partial charge on any atom is 0.274 e. The summed E-state index contributed by atoms with van der Waals surface area (Å²) in [6, 6.07) is 0. The molecule has 60 valence electrons. The smallest absolute Gasteiger partial charge is 0.274 e. The molecule has 0 heterocycles. The lowest BCUT2D eigenvalue weighted by Crippen LogP contribution is -2.30. The van der Waals surface area contributed by atoms with E-state index in [2.05, 4.69) is 9.86 Å². The van der Waals surface area contributed by atoms with Gasteiger partial charge in [0, 0.05) is 13.1 Å². The van der Waals surface area contributed by atoms with Gasteiger partial charge in [-0.3, -0.25) is 0 Å². The van der Waals surface area contributed by atoms with Crippen molar-refractivity contribution in [2.75, 3.05) is 13.1 Å². The summed E-state index contributed by atoms with van der Waals surface area (Å²) in [6.07, 6.45) is 3.22. The summed E-state index contributed by atoms with van der Waals surface area (Å²) in [5.41, 5.74) is 5.08. The summed E-state index contributed by atoms with van der Waals surface area (Å²) in [5.74, 6) is 0. The van der Waals surface area contributed by atoms with Crippen molar-refractivity contribution < 1.29 is 8.42 Å². The van der Waals surface area contributed by atoms with Gasteiger partial charge in [-0.15, -0.1) is 0 Å². The Balaban J connectivity index is 3.48. The first-order chi connectivity index (χ1) is 4.56. The quantitative estimate of drug-likeness (QED) is 0.433. The second kappa shape index (κ2) is 4.40. The maximum absolute atomic E-state index is 10.2. The van der Waals surface area contributed by atoms with Gasteiger partial charge >= 0.3 is 0 Å². The molecule has 0 unspecified atom stereocenters. The van der Waals surface area contributed by atoms with Crippen molar-refractivity contribution in [1.29, 1.82) is 0 Å². The molecule has 0 atom stereocenters. The van der Waals surface area contributed by atoms with Crippen LogP contribution in [0.4, 0.5) is 0 Å². The summed E-state index contributed by atoms with van der Waals surface area (Å²) in [5, 5.41) is 4.61. The lowest BCUT2D eigenvalue weighted by molar-refractivity contribution is 0.587. The largest absolute Gasteiger partial charge is 0.327 e. The van der Waals surface area contributed by atoms with Gasteiger partial charge < -0.3 is 5.73 Å². The fourth-order valence-electron chi connectivity index (χ4n) is 0.344. The van der Waals surface area contributed by atoms with E-state index in [0.29, 0.717) is 6.54 Å². The molecule has 0 rings (SSSR count). The van der Waals surface area contributed by atoms with Crippen molar-refractivity contribution in [2.45, 2.75) is 0 Å². The van der Waals surface area contributed by atoms with Gasteiger partial charge in [-0.25, -0.2) is 5.14 Å². The van der Waals surface area contributed by atoms with Crippen LogP contribution in [0.5, 0.6) is 0 Å². The Hall–Kier alpha value is -0.430. The Morgan fingerprint density at radius 3 is 2.40 bits per heavy atom. The van der Waals surface area contributed by atoms with Crippen molar-refractivity contribution in [3.05, 3.63) is 12.2 Å². The Bertz CT molecular complexity index is 197. The van der Waals surface area contributed by atoms with Crippen LogP contribution in [0.3, 0.4) is 0 Å². The molecule has 0 aromatic heterocycles. The molecule has 0 aliphatic heterocycles. The topological polar surface area (TPSA) is 98.2 Å². The molecule has 0 saturated carbocycles. The van der Waals surface area contributed by atoms with Gasteiger partial charge in [-0.05, 0) is 0 Å². The molecule has 0 aromatic carbocycles. The molecule has 0 saturated heterocycles. The van der Waals surface area contributed by atoms with Crippen LogP contribution in [0.1, 0.15) is 0 Å². The van der Waals surface area contributed by atoms with Gasteiger partial charge in [-0.2, -0.15) is 13.1 Å². The third kappa shape index (κ3) is 7.57. The molecule has 0 spiro atoms. The summed E-state index contributed by atoms with van der Waals surface area (Å²) in [6.45, 7) is 0.586. The fraction of sp³-hybridized carbons (Fsp3) is 0.500. The number of rotatable bonds is 4. The first-order valence-electron chi connectivity index (χ1n) is 2.68. The van der Waals surface area contributed by atoms with Gasteiger partial charge in [0.1, 0.15) is 0 Å². The van der Waals surface area contributed by atoms with Crippen molar-refractivity contribution >= 4 is 10.2 Å². The molecule has 5 N–H and O–H groups in total. The van der Waals surface area contributed by atoms with E-state index in [1.165, 1.54) is 0 Å². The molecule has 6 heteroatoms. The third-order valence-electron chi connectivity index (χ3n) is 0.705. The molecule has 0 aliphatic carbocycles. The highest BCUT2D eigenvalue weighted by atomic mass is 32.2. The first-order valence-corrected chi connectivity index (χ1v) is 4.23. The highest BCUT2D eigenvalue weighted by Crippen LogP contribution is 1.69. The Kier molecular flexibility index (Phi) is 4.21. The van der Waals surface area contributed by atoms with Crippen molar-refractivity contribution in [1.82, 2.24) is 4.72 Å². The van der Waals surface area contributed by atoms with Crippen LogP contribution >= 0.6 is 0 Å². The van der Waals surface area contributed by atoms with Crippen LogP contribution < -0.4 is 15.6 Å². The van der Waals surface area contributed by atoms with Gasteiger partial charge in [0.25, 0.3) is 10.2 Å². The second-order valence-electron chi connectivity index (χ2n) is 1.60. The summed E-state index contributed by atoms with van der Waals surface area (Å²) in [7, 11) is -3.55. The third-order valence-corrected chi connectivity index (χ3v) is 1.27. The Labute approximate surface area is 60.3 Å². The normalized spacial score (nSPS) is 12.6. The summed E-state index contributed by atoms with van der Waals surface area (Å²) >= 11 is 0. The molecule has 0 bridgehead atoms. The lowest BCUT2D eigenvalue weighted by atomic mass is 10.5. The summed E-state index contributed by atoms with van der Waals surface area (Å²) < 4.78 is 22.5. The maximum atomic E-state index is 10.2. The molecule has 0 aliphatic rings. The van der Waals surface area contributed by atoms with Crippen LogP contribution in [0, 0.1) is 0 Å². The van der Waals surface area contributed by atoms with Crippen LogP contribution in [-0.4, -0.2) is 21.5 Å². The van der Waals surface area contributed by atoms with E-state index in [0.717, 1.165) is 0 Å². The summed E-state index contributed by atoms with van der Waals surface area (Å²) in [4.78, 5) is 0. The number of hydrogen-bond acceptors (Lipinski definition) is 3. The molecule has 0 aromatic rings. The molecule has 0 radical (unpaired) electrons. The molecular formula is C4H11N3O2S. The average Bonchev–Trinajstić information content (AvgIpc) is 1.78. The average molecular weight is 165 g/mol. The predicted octanol–water partition coefficient (Wildman–Crippen LogP) is -1.71. The van der Waals surface area contributed by atoms with Crippen LogP contribution in [0.2, 0.25) is 0 Å². The van der Waals surface area contributed by atoms with E-state index in [1.807, 2.05) is 0 Å². The zero-order valence-electron chi connectivity index (χ0n) is 5.45. The van der Waals surface area contributed by atoms with E-state index in [1.54, 1.807) is 12.2 Å².